The number of halogens is 1. The number of aromatic nitrogens is 2. The number of aryl methyl sites for hydroxylation is 1. The van der Waals surface area contributed by atoms with Gasteiger partial charge in [-0.1, -0.05) is 18.2 Å². The lowest BCUT2D eigenvalue weighted by atomic mass is 9.93. The minimum atomic E-state index is -0.781. The normalized spacial score (nSPS) is 21.3. The fourth-order valence-electron chi connectivity index (χ4n) is 4.39. The molecule has 176 valence electrons. The van der Waals surface area contributed by atoms with Gasteiger partial charge >= 0.3 is 5.97 Å². The smallest absolute Gasteiger partial charge is 0.303 e. The molecule has 1 aliphatic carbocycles. The topological polar surface area (TPSA) is 75.4 Å². The van der Waals surface area contributed by atoms with Crippen molar-refractivity contribution in [3.8, 4) is 0 Å². The van der Waals surface area contributed by atoms with Crippen molar-refractivity contribution < 1.29 is 19.1 Å². The van der Waals surface area contributed by atoms with Crippen molar-refractivity contribution in [2.75, 3.05) is 13.1 Å². The maximum atomic E-state index is 14.7. The third kappa shape index (κ3) is 6.12. The van der Waals surface area contributed by atoms with Gasteiger partial charge in [0, 0.05) is 49.0 Å². The predicted molar refractivity (Wildman–Crippen MR) is 128 cm³/mol. The molecule has 1 N–H and O–H groups in total. The Morgan fingerprint density at radius 1 is 1.21 bits per heavy atom. The molecule has 0 spiro atoms. The average Bonchev–Trinajstić information content (AvgIpc) is 3.55. The fourth-order valence-corrected chi connectivity index (χ4v) is 4.66. The number of benzene rings is 1. The summed E-state index contributed by atoms with van der Waals surface area (Å²) < 4.78 is 16.5. The number of rotatable bonds is 10. The molecular weight excluding hydrogens is 441 g/mol. The summed E-state index contributed by atoms with van der Waals surface area (Å²) in [5.41, 5.74) is 2.32. The maximum absolute atomic E-state index is 14.7. The number of unbranched alkanes of at least 4 members (excludes halogenated alkanes) is 1. The van der Waals surface area contributed by atoms with Crippen molar-refractivity contribution in [2.45, 2.75) is 56.4 Å². The van der Waals surface area contributed by atoms with Crippen LogP contribution in [-0.2, 0) is 16.1 Å². The van der Waals surface area contributed by atoms with Crippen LogP contribution in [0.4, 0.5) is 4.39 Å². The summed E-state index contributed by atoms with van der Waals surface area (Å²) in [5, 5.41) is 13.4. The molecule has 2 fully saturated rings. The molecule has 1 aliphatic heterocycles. The molecule has 8 heteroatoms. The first kappa shape index (κ1) is 23.7. The number of carboxylic acid groups (broad SMARTS) is 1. The van der Waals surface area contributed by atoms with Gasteiger partial charge in [-0.05, 0) is 55.9 Å². The number of hydrogen-bond donors (Lipinski definition) is 2. The molecule has 6 nitrogen and oxygen atoms in total. The molecule has 0 amide bonds. The van der Waals surface area contributed by atoms with Crippen LogP contribution >= 0.6 is 12.6 Å². The summed E-state index contributed by atoms with van der Waals surface area (Å²) in [6.45, 7) is 1.89. The number of nitrogens with zero attached hydrogens (tertiary/aromatic N) is 3. The largest absolute Gasteiger partial charge is 0.481 e. The highest BCUT2D eigenvalue weighted by Crippen LogP contribution is 2.39. The lowest BCUT2D eigenvalue weighted by molar-refractivity contribution is -0.137. The lowest BCUT2D eigenvalue weighted by Crippen LogP contribution is -2.42. The Morgan fingerprint density at radius 2 is 2.00 bits per heavy atom. The Kier molecular flexibility index (Phi) is 7.65. The van der Waals surface area contributed by atoms with Gasteiger partial charge in [0.05, 0.1) is 11.7 Å². The highest BCUT2D eigenvalue weighted by atomic mass is 32.1. The number of ketones is 1. The maximum Gasteiger partial charge on any atom is 0.303 e. The van der Waals surface area contributed by atoms with Crippen LogP contribution in [0.1, 0.15) is 55.8 Å². The van der Waals surface area contributed by atoms with Crippen molar-refractivity contribution in [3.63, 3.8) is 0 Å². The van der Waals surface area contributed by atoms with Gasteiger partial charge in [-0.25, -0.2) is 4.39 Å². The first-order valence-electron chi connectivity index (χ1n) is 11.6. The minimum absolute atomic E-state index is 0.0348. The number of carbonyl (C=O) groups excluding carboxylic acids is 1. The minimum Gasteiger partial charge on any atom is -0.481 e. The summed E-state index contributed by atoms with van der Waals surface area (Å²) in [6, 6.07) is 7.94. The van der Waals surface area contributed by atoms with E-state index in [4.69, 9.17) is 17.7 Å². The zero-order chi connectivity index (χ0) is 23.4. The summed E-state index contributed by atoms with van der Waals surface area (Å²) in [6.07, 6.45) is 7.98. The monoisotopic (exact) mass is 471 g/mol. The summed E-state index contributed by atoms with van der Waals surface area (Å²) in [7, 11) is 0. The van der Waals surface area contributed by atoms with E-state index in [1.165, 1.54) is 6.07 Å². The Bertz CT molecular complexity index is 1030. The molecule has 1 aromatic carbocycles. The Hall–Kier alpha value is -2.45. The van der Waals surface area contributed by atoms with Gasteiger partial charge in [0.1, 0.15) is 5.82 Å². The second kappa shape index (κ2) is 10.7. The third-order valence-corrected chi connectivity index (χ3v) is 6.93. The van der Waals surface area contributed by atoms with Gasteiger partial charge < -0.3 is 5.11 Å². The molecule has 1 saturated carbocycles. The molecule has 2 aromatic rings. The van der Waals surface area contributed by atoms with Gasteiger partial charge in [-0.3, -0.25) is 19.2 Å². The highest BCUT2D eigenvalue weighted by molar-refractivity contribution is 7.81. The van der Waals surface area contributed by atoms with E-state index < -0.39 is 12.0 Å². The van der Waals surface area contributed by atoms with Gasteiger partial charge in [0.2, 0.25) is 0 Å². The van der Waals surface area contributed by atoms with Crippen LogP contribution in [0.3, 0.4) is 0 Å². The Labute approximate surface area is 198 Å². The summed E-state index contributed by atoms with van der Waals surface area (Å²) in [5.74, 6) is -0.969. The van der Waals surface area contributed by atoms with Crippen LogP contribution in [0.2, 0.25) is 0 Å². The van der Waals surface area contributed by atoms with E-state index in [1.807, 2.05) is 23.0 Å². The third-order valence-electron chi connectivity index (χ3n) is 6.34. The molecule has 33 heavy (non-hydrogen) atoms. The van der Waals surface area contributed by atoms with Crippen LogP contribution in [-0.4, -0.2) is 49.9 Å². The zero-order valence-corrected chi connectivity index (χ0v) is 19.5. The number of Topliss-reactive ketones (excluding diaryl/α,β-unsaturated/α-hetero) is 1. The van der Waals surface area contributed by atoms with Gasteiger partial charge in [-0.15, -0.1) is 0 Å². The predicted octanol–water partition coefficient (Wildman–Crippen LogP) is 4.39. The van der Waals surface area contributed by atoms with Crippen molar-refractivity contribution in [1.82, 2.24) is 14.7 Å². The Morgan fingerprint density at radius 3 is 2.73 bits per heavy atom. The van der Waals surface area contributed by atoms with Crippen molar-refractivity contribution in [2.24, 2.45) is 5.92 Å². The molecule has 1 aromatic heterocycles. The molecule has 2 atom stereocenters. The number of hydrogen-bond acceptors (Lipinski definition) is 5. The standard InChI is InChI=1S/C25H30FN3O3S/c26-21-6-2-1-5-20(21)24(25(32)17-8-9-17)28-13-11-22(33)18(16-28)15-19-10-14-29(27-19)12-4-3-7-23(30)31/h1-2,5-6,10,14-15,17,22,24,33H,3-4,7-9,11-13,16H2,(H,30,31). The van der Waals surface area contributed by atoms with E-state index in [-0.39, 0.29) is 29.2 Å². The number of thiol groups is 1. The first-order chi connectivity index (χ1) is 15.9. The van der Waals surface area contributed by atoms with E-state index in [1.54, 1.807) is 18.2 Å². The first-order valence-corrected chi connectivity index (χ1v) is 12.1. The van der Waals surface area contributed by atoms with Crippen LogP contribution < -0.4 is 0 Å². The highest BCUT2D eigenvalue weighted by Gasteiger charge is 2.40. The van der Waals surface area contributed by atoms with Crippen molar-refractivity contribution >= 4 is 30.5 Å². The number of aliphatic carboxylic acids is 1. The fraction of sp³-hybridized carbons (Fsp3) is 0.480. The number of piperidine rings is 1. The Balaban J connectivity index is 1.49. The quantitative estimate of drug-likeness (QED) is 0.397. The second-order valence-electron chi connectivity index (χ2n) is 8.95. The van der Waals surface area contributed by atoms with Gasteiger partial charge in [0.25, 0.3) is 0 Å². The van der Waals surface area contributed by atoms with Crippen molar-refractivity contribution in [3.05, 3.63) is 59.2 Å². The SMILES string of the molecule is O=C(O)CCCCn1ccc(C=C2CN(C(C(=O)C3CC3)c3ccccc3F)CCC2S)n1. The van der Waals surface area contributed by atoms with E-state index >= 15 is 0 Å². The molecular formula is C25H30FN3O3S. The van der Waals surface area contributed by atoms with Crippen LogP contribution in [0.15, 0.2) is 42.1 Å². The van der Waals surface area contributed by atoms with E-state index in [0.717, 1.165) is 37.0 Å². The number of carbonyl (C=O) groups is 2. The van der Waals surface area contributed by atoms with Crippen LogP contribution in [0, 0.1) is 11.7 Å². The van der Waals surface area contributed by atoms with Crippen LogP contribution in [0.25, 0.3) is 6.08 Å². The zero-order valence-electron chi connectivity index (χ0n) is 18.6. The second-order valence-corrected chi connectivity index (χ2v) is 9.57. The van der Waals surface area contributed by atoms with Gasteiger partial charge in [0.15, 0.2) is 5.78 Å². The van der Waals surface area contributed by atoms with Crippen LogP contribution in [0.5, 0.6) is 0 Å². The molecule has 2 unspecified atom stereocenters. The molecule has 0 radical (unpaired) electrons. The summed E-state index contributed by atoms with van der Waals surface area (Å²) >= 11 is 4.76. The molecule has 2 aliphatic rings. The number of likely N-dealkylation sites (tertiary alicyclic amines) is 1. The lowest BCUT2D eigenvalue weighted by Gasteiger charge is -2.37. The summed E-state index contributed by atoms with van der Waals surface area (Å²) in [4.78, 5) is 25.9. The number of carboxylic acids is 1. The molecule has 2 heterocycles. The van der Waals surface area contributed by atoms with E-state index in [0.29, 0.717) is 31.6 Å². The van der Waals surface area contributed by atoms with Gasteiger partial charge in [-0.2, -0.15) is 17.7 Å². The molecule has 1 saturated heterocycles. The van der Waals surface area contributed by atoms with E-state index in [9.17, 15) is 14.0 Å². The molecule has 0 bridgehead atoms. The average molecular weight is 472 g/mol. The van der Waals surface area contributed by atoms with Crippen molar-refractivity contribution in [1.29, 1.82) is 0 Å². The van der Waals surface area contributed by atoms with E-state index in [2.05, 4.69) is 10.00 Å². The molecule has 4 rings (SSSR count).